The van der Waals surface area contributed by atoms with Crippen molar-refractivity contribution in [3.63, 3.8) is 0 Å². The molecular weight excluding hydrogens is 296 g/mol. The van der Waals surface area contributed by atoms with Gasteiger partial charge in [0, 0.05) is 19.5 Å². The molecule has 1 saturated carbocycles. The van der Waals surface area contributed by atoms with E-state index in [0.717, 1.165) is 32.1 Å². The van der Waals surface area contributed by atoms with Crippen molar-refractivity contribution in [3.05, 3.63) is 34.8 Å². The van der Waals surface area contributed by atoms with Gasteiger partial charge in [0.25, 0.3) is 0 Å². The third kappa shape index (κ3) is 3.64. The number of hydrogen-bond acceptors (Lipinski definition) is 4. The molecule has 2 aromatic rings. The standard InChI is InChI=1S/C17H22N2O4/c20-15(18-12-17(22)9-4-1-5-10-17)8-11-19-13-6-2-3-7-14(13)23-16(19)21/h2-3,6-7,22H,1,4-5,8-12H2,(H,18,20). The van der Waals surface area contributed by atoms with Gasteiger partial charge in [-0.05, 0) is 25.0 Å². The first kappa shape index (κ1) is 15.8. The maximum absolute atomic E-state index is 12.0. The van der Waals surface area contributed by atoms with E-state index < -0.39 is 11.4 Å². The van der Waals surface area contributed by atoms with Crippen LogP contribution in [0.2, 0.25) is 0 Å². The van der Waals surface area contributed by atoms with E-state index in [1.165, 1.54) is 4.57 Å². The molecule has 0 spiro atoms. The van der Waals surface area contributed by atoms with E-state index in [0.29, 0.717) is 11.1 Å². The van der Waals surface area contributed by atoms with Gasteiger partial charge in [-0.25, -0.2) is 4.79 Å². The fraction of sp³-hybridized carbons (Fsp3) is 0.529. The van der Waals surface area contributed by atoms with Crippen LogP contribution in [0.3, 0.4) is 0 Å². The summed E-state index contributed by atoms with van der Waals surface area (Å²) in [5, 5.41) is 13.2. The minimum atomic E-state index is -0.771. The lowest BCUT2D eigenvalue weighted by Crippen LogP contribution is -2.44. The molecule has 124 valence electrons. The van der Waals surface area contributed by atoms with Crippen LogP contribution < -0.4 is 11.1 Å². The van der Waals surface area contributed by atoms with Crippen molar-refractivity contribution in [1.82, 2.24) is 9.88 Å². The van der Waals surface area contributed by atoms with Crippen LogP contribution in [0.25, 0.3) is 11.1 Å². The van der Waals surface area contributed by atoms with E-state index in [9.17, 15) is 14.7 Å². The average Bonchev–Trinajstić information content (AvgIpc) is 2.87. The molecule has 3 rings (SSSR count). The molecule has 6 nitrogen and oxygen atoms in total. The summed E-state index contributed by atoms with van der Waals surface area (Å²) >= 11 is 0. The number of carbonyl (C=O) groups is 1. The van der Waals surface area contributed by atoms with Gasteiger partial charge in [-0.3, -0.25) is 9.36 Å². The maximum Gasteiger partial charge on any atom is 0.419 e. The third-order valence-corrected chi connectivity index (χ3v) is 4.54. The van der Waals surface area contributed by atoms with Crippen molar-refractivity contribution in [3.8, 4) is 0 Å². The van der Waals surface area contributed by atoms with E-state index in [4.69, 9.17) is 4.42 Å². The summed E-state index contributed by atoms with van der Waals surface area (Å²) in [6, 6.07) is 7.15. The molecule has 0 aliphatic heterocycles. The minimum absolute atomic E-state index is 0.166. The van der Waals surface area contributed by atoms with Gasteiger partial charge >= 0.3 is 5.76 Å². The summed E-state index contributed by atoms with van der Waals surface area (Å²) in [4.78, 5) is 23.8. The Morgan fingerprint density at radius 2 is 2.00 bits per heavy atom. The second-order valence-electron chi connectivity index (χ2n) is 6.30. The van der Waals surface area contributed by atoms with E-state index in [1.807, 2.05) is 6.07 Å². The molecule has 0 unspecified atom stereocenters. The summed E-state index contributed by atoms with van der Waals surface area (Å²) in [6.45, 7) is 0.549. The van der Waals surface area contributed by atoms with Crippen LogP contribution in [-0.4, -0.2) is 27.7 Å². The molecule has 0 bridgehead atoms. The van der Waals surface area contributed by atoms with Crippen LogP contribution in [0.1, 0.15) is 38.5 Å². The Labute approximate surface area is 134 Å². The first-order valence-corrected chi connectivity index (χ1v) is 8.15. The van der Waals surface area contributed by atoms with Crippen molar-refractivity contribution < 1.29 is 14.3 Å². The van der Waals surface area contributed by atoms with Gasteiger partial charge in [0.2, 0.25) is 5.91 Å². The molecule has 6 heteroatoms. The molecule has 1 aliphatic rings. The number of rotatable bonds is 5. The molecular formula is C17H22N2O4. The number of nitrogens with one attached hydrogen (secondary N) is 1. The van der Waals surface area contributed by atoms with Crippen LogP contribution in [0.15, 0.2) is 33.5 Å². The monoisotopic (exact) mass is 318 g/mol. The lowest BCUT2D eigenvalue weighted by Gasteiger charge is -2.32. The predicted molar refractivity (Wildman–Crippen MR) is 86.1 cm³/mol. The van der Waals surface area contributed by atoms with Crippen LogP contribution in [0.4, 0.5) is 0 Å². The van der Waals surface area contributed by atoms with Gasteiger partial charge in [0.1, 0.15) is 0 Å². The van der Waals surface area contributed by atoms with Gasteiger partial charge in [-0.15, -0.1) is 0 Å². The van der Waals surface area contributed by atoms with Gasteiger partial charge in [-0.2, -0.15) is 0 Å². The molecule has 0 saturated heterocycles. The Bertz CT molecular complexity index is 740. The number of fused-ring (bicyclic) bond motifs is 1. The van der Waals surface area contributed by atoms with Crippen LogP contribution >= 0.6 is 0 Å². The zero-order valence-corrected chi connectivity index (χ0v) is 13.1. The second-order valence-corrected chi connectivity index (χ2v) is 6.30. The molecule has 2 N–H and O–H groups in total. The van der Waals surface area contributed by atoms with E-state index in [1.54, 1.807) is 18.2 Å². The molecule has 1 aliphatic carbocycles. The fourth-order valence-corrected chi connectivity index (χ4v) is 3.18. The van der Waals surface area contributed by atoms with Crippen molar-refractivity contribution in [2.75, 3.05) is 6.54 Å². The summed E-state index contributed by atoms with van der Waals surface area (Å²) in [5.41, 5.74) is 0.443. The van der Waals surface area contributed by atoms with Crippen LogP contribution in [0.5, 0.6) is 0 Å². The number of amides is 1. The van der Waals surface area contributed by atoms with Crippen LogP contribution in [-0.2, 0) is 11.3 Å². The number of carbonyl (C=O) groups excluding carboxylic acids is 1. The first-order valence-electron chi connectivity index (χ1n) is 8.15. The highest BCUT2D eigenvalue weighted by atomic mass is 16.4. The van der Waals surface area contributed by atoms with Crippen molar-refractivity contribution >= 4 is 17.0 Å². The molecule has 1 fully saturated rings. The Morgan fingerprint density at radius 3 is 2.78 bits per heavy atom. The number of oxazole rings is 1. The van der Waals surface area contributed by atoms with Gasteiger partial charge < -0.3 is 14.8 Å². The highest BCUT2D eigenvalue weighted by Crippen LogP contribution is 2.27. The van der Waals surface area contributed by atoms with Crippen molar-refractivity contribution in [2.45, 2.75) is 50.7 Å². The quantitative estimate of drug-likeness (QED) is 0.880. The van der Waals surface area contributed by atoms with Crippen molar-refractivity contribution in [2.24, 2.45) is 0 Å². The number of para-hydroxylation sites is 2. The number of hydrogen-bond donors (Lipinski definition) is 2. The lowest BCUT2D eigenvalue weighted by molar-refractivity contribution is -0.123. The molecule has 23 heavy (non-hydrogen) atoms. The Balaban J connectivity index is 1.56. The zero-order chi connectivity index (χ0) is 16.3. The third-order valence-electron chi connectivity index (χ3n) is 4.54. The smallest absolute Gasteiger partial charge is 0.408 e. The number of aromatic nitrogens is 1. The minimum Gasteiger partial charge on any atom is -0.408 e. The number of aliphatic hydroxyl groups is 1. The number of nitrogens with zero attached hydrogens (tertiary/aromatic N) is 1. The van der Waals surface area contributed by atoms with E-state index >= 15 is 0 Å². The second kappa shape index (κ2) is 6.58. The van der Waals surface area contributed by atoms with E-state index in [-0.39, 0.29) is 25.4 Å². The van der Waals surface area contributed by atoms with E-state index in [2.05, 4.69) is 5.32 Å². The fourth-order valence-electron chi connectivity index (χ4n) is 3.18. The van der Waals surface area contributed by atoms with Gasteiger partial charge in [0.15, 0.2) is 5.58 Å². The highest BCUT2D eigenvalue weighted by Gasteiger charge is 2.29. The number of benzene rings is 1. The molecule has 1 aromatic heterocycles. The maximum atomic E-state index is 12.0. The Kier molecular flexibility index (Phi) is 4.52. The average molecular weight is 318 g/mol. The van der Waals surface area contributed by atoms with Gasteiger partial charge in [0.05, 0.1) is 11.1 Å². The van der Waals surface area contributed by atoms with Gasteiger partial charge in [-0.1, -0.05) is 31.4 Å². The normalized spacial score (nSPS) is 17.3. The summed E-state index contributed by atoms with van der Waals surface area (Å²) in [7, 11) is 0. The molecule has 1 amide bonds. The summed E-state index contributed by atoms with van der Waals surface area (Å²) in [5.74, 6) is -0.619. The van der Waals surface area contributed by atoms with Crippen molar-refractivity contribution in [1.29, 1.82) is 0 Å². The Morgan fingerprint density at radius 1 is 1.26 bits per heavy atom. The molecule has 0 atom stereocenters. The summed E-state index contributed by atoms with van der Waals surface area (Å²) < 4.78 is 6.60. The molecule has 0 radical (unpaired) electrons. The Hall–Kier alpha value is -2.08. The number of aryl methyl sites for hydroxylation is 1. The molecule has 1 heterocycles. The largest absolute Gasteiger partial charge is 0.419 e. The highest BCUT2D eigenvalue weighted by molar-refractivity contribution is 5.76. The first-order chi connectivity index (χ1) is 11.1. The lowest BCUT2D eigenvalue weighted by atomic mass is 9.85. The predicted octanol–water partition coefficient (Wildman–Crippen LogP) is 1.80. The topological polar surface area (TPSA) is 84.5 Å². The zero-order valence-electron chi connectivity index (χ0n) is 13.1. The van der Waals surface area contributed by atoms with Crippen LogP contribution in [0, 0.1) is 0 Å². The molecule has 1 aromatic carbocycles. The SMILES string of the molecule is O=C(CCn1c(=O)oc2ccccc21)NCC1(O)CCCCC1. The summed E-state index contributed by atoms with van der Waals surface area (Å²) in [6.07, 6.45) is 4.80.